The number of methoxy groups -OCH3 is 2. The zero-order chi connectivity index (χ0) is 16.7. The Hall–Kier alpha value is -3.02. The number of rotatable bonds is 7. The predicted molar refractivity (Wildman–Crippen MR) is 90.4 cm³/mol. The lowest BCUT2D eigenvalue weighted by Crippen LogP contribution is -2.13. The number of amides is 1. The molecule has 0 atom stereocenters. The largest absolute Gasteiger partial charge is 0.497 e. The highest BCUT2D eigenvalue weighted by atomic mass is 16.5. The van der Waals surface area contributed by atoms with Gasteiger partial charge in [0.15, 0.2) is 0 Å². The molecule has 0 aliphatic carbocycles. The van der Waals surface area contributed by atoms with Gasteiger partial charge in [-0.15, -0.1) is 6.58 Å². The van der Waals surface area contributed by atoms with E-state index in [1.54, 1.807) is 43.6 Å². The number of hydrogen-bond acceptors (Lipinski definition) is 5. The Morgan fingerprint density at radius 2 is 2.09 bits per heavy atom. The summed E-state index contributed by atoms with van der Waals surface area (Å²) in [5.41, 5.74) is 1.75. The lowest BCUT2D eigenvalue weighted by molar-refractivity contribution is 0.102. The van der Waals surface area contributed by atoms with Crippen LogP contribution in [0.3, 0.4) is 0 Å². The molecular weight excluding hydrogens is 294 g/mol. The number of carbonyl (C=O) groups excluding carboxylic acids is 1. The van der Waals surface area contributed by atoms with Gasteiger partial charge in [-0.2, -0.15) is 0 Å². The fourth-order valence-corrected chi connectivity index (χ4v) is 1.95. The zero-order valence-corrected chi connectivity index (χ0v) is 13.1. The Morgan fingerprint density at radius 3 is 2.78 bits per heavy atom. The number of ether oxygens (including phenoxy) is 2. The van der Waals surface area contributed by atoms with Crippen molar-refractivity contribution in [3.63, 3.8) is 0 Å². The molecule has 0 aliphatic heterocycles. The van der Waals surface area contributed by atoms with Gasteiger partial charge in [-0.05, 0) is 18.2 Å². The van der Waals surface area contributed by atoms with Crippen molar-refractivity contribution in [2.24, 2.45) is 0 Å². The molecule has 2 aromatic rings. The third kappa shape index (κ3) is 4.23. The molecule has 0 unspecified atom stereocenters. The summed E-state index contributed by atoms with van der Waals surface area (Å²) < 4.78 is 10.4. The SMILES string of the molecule is C=CCNc1cncc(C(=O)Nc2ccc(OC)cc2OC)c1. The number of anilines is 2. The van der Waals surface area contributed by atoms with E-state index in [1.165, 1.54) is 13.3 Å². The number of nitrogens with zero attached hydrogens (tertiary/aromatic N) is 1. The maximum atomic E-state index is 12.4. The van der Waals surface area contributed by atoms with Crippen molar-refractivity contribution >= 4 is 17.3 Å². The zero-order valence-electron chi connectivity index (χ0n) is 13.1. The quantitative estimate of drug-likeness (QED) is 0.769. The fraction of sp³-hybridized carbons (Fsp3) is 0.176. The van der Waals surface area contributed by atoms with Gasteiger partial charge in [0.05, 0.1) is 31.2 Å². The molecule has 0 fully saturated rings. The Labute approximate surface area is 135 Å². The molecule has 0 radical (unpaired) electrons. The van der Waals surface area contributed by atoms with E-state index in [4.69, 9.17) is 9.47 Å². The summed E-state index contributed by atoms with van der Waals surface area (Å²) in [7, 11) is 3.10. The topological polar surface area (TPSA) is 72.5 Å². The number of pyridine rings is 1. The summed E-state index contributed by atoms with van der Waals surface area (Å²) in [6.07, 6.45) is 4.88. The summed E-state index contributed by atoms with van der Waals surface area (Å²) in [5.74, 6) is 0.895. The molecule has 1 aromatic carbocycles. The van der Waals surface area contributed by atoms with Crippen LogP contribution in [0.15, 0.2) is 49.3 Å². The van der Waals surface area contributed by atoms with Crippen molar-refractivity contribution in [3.05, 3.63) is 54.9 Å². The number of nitrogens with one attached hydrogen (secondary N) is 2. The number of hydrogen-bond donors (Lipinski definition) is 2. The van der Waals surface area contributed by atoms with E-state index in [-0.39, 0.29) is 5.91 Å². The Bertz CT molecular complexity index is 701. The Balaban J connectivity index is 2.17. The average molecular weight is 313 g/mol. The minimum atomic E-state index is -0.275. The lowest BCUT2D eigenvalue weighted by atomic mass is 10.2. The average Bonchev–Trinajstić information content (AvgIpc) is 2.60. The van der Waals surface area contributed by atoms with Crippen molar-refractivity contribution in [2.75, 3.05) is 31.4 Å². The van der Waals surface area contributed by atoms with Gasteiger partial charge in [-0.25, -0.2) is 0 Å². The van der Waals surface area contributed by atoms with Gasteiger partial charge < -0.3 is 20.1 Å². The van der Waals surface area contributed by atoms with Crippen molar-refractivity contribution in [3.8, 4) is 11.5 Å². The third-order valence-electron chi connectivity index (χ3n) is 3.11. The van der Waals surface area contributed by atoms with E-state index in [1.807, 2.05) is 0 Å². The number of benzene rings is 1. The maximum Gasteiger partial charge on any atom is 0.257 e. The monoisotopic (exact) mass is 313 g/mol. The van der Waals surface area contributed by atoms with Crippen molar-refractivity contribution < 1.29 is 14.3 Å². The molecule has 6 heteroatoms. The van der Waals surface area contributed by atoms with Gasteiger partial charge in [0.1, 0.15) is 11.5 Å². The van der Waals surface area contributed by atoms with Crippen LogP contribution in [-0.2, 0) is 0 Å². The summed E-state index contributed by atoms with van der Waals surface area (Å²) in [6, 6.07) is 6.90. The molecular formula is C17H19N3O3. The summed E-state index contributed by atoms with van der Waals surface area (Å²) >= 11 is 0. The minimum absolute atomic E-state index is 0.275. The normalized spacial score (nSPS) is 9.83. The van der Waals surface area contributed by atoms with Gasteiger partial charge in [0, 0.05) is 25.0 Å². The highest BCUT2D eigenvalue weighted by Crippen LogP contribution is 2.29. The third-order valence-corrected chi connectivity index (χ3v) is 3.11. The summed E-state index contributed by atoms with van der Waals surface area (Å²) in [6.45, 7) is 4.23. The molecule has 0 spiro atoms. The predicted octanol–water partition coefficient (Wildman–Crippen LogP) is 2.95. The van der Waals surface area contributed by atoms with Gasteiger partial charge in [-0.3, -0.25) is 9.78 Å². The van der Waals surface area contributed by atoms with E-state index in [9.17, 15) is 4.79 Å². The lowest BCUT2D eigenvalue weighted by Gasteiger charge is -2.12. The smallest absolute Gasteiger partial charge is 0.257 e. The molecule has 0 aliphatic rings. The van der Waals surface area contributed by atoms with E-state index < -0.39 is 0 Å². The second-order valence-electron chi connectivity index (χ2n) is 4.65. The summed E-state index contributed by atoms with van der Waals surface area (Å²) in [4.78, 5) is 16.4. The van der Waals surface area contributed by atoms with Crippen molar-refractivity contribution in [2.45, 2.75) is 0 Å². The van der Waals surface area contributed by atoms with Crippen LogP contribution in [0.1, 0.15) is 10.4 Å². The highest BCUT2D eigenvalue weighted by Gasteiger charge is 2.11. The van der Waals surface area contributed by atoms with Gasteiger partial charge in [0.2, 0.25) is 0 Å². The molecule has 2 rings (SSSR count). The Morgan fingerprint density at radius 1 is 1.26 bits per heavy atom. The van der Waals surface area contributed by atoms with E-state index >= 15 is 0 Å². The van der Waals surface area contributed by atoms with Crippen LogP contribution >= 0.6 is 0 Å². The molecule has 23 heavy (non-hydrogen) atoms. The van der Waals surface area contributed by atoms with Gasteiger partial charge in [-0.1, -0.05) is 6.08 Å². The first kappa shape index (κ1) is 16.4. The van der Waals surface area contributed by atoms with Crippen LogP contribution in [0.2, 0.25) is 0 Å². The highest BCUT2D eigenvalue weighted by molar-refractivity contribution is 6.05. The van der Waals surface area contributed by atoms with Crippen LogP contribution in [0.4, 0.5) is 11.4 Å². The standard InChI is InChI=1S/C17H19N3O3/c1-4-7-19-13-8-12(10-18-11-13)17(21)20-15-6-5-14(22-2)9-16(15)23-3/h4-6,8-11,19H,1,7H2,2-3H3,(H,20,21). The maximum absolute atomic E-state index is 12.4. The van der Waals surface area contributed by atoms with Crippen LogP contribution in [-0.4, -0.2) is 31.7 Å². The van der Waals surface area contributed by atoms with Crippen LogP contribution in [0, 0.1) is 0 Å². The first-order chi connectivity index (χ1) is 11.2. The van der Waals surface area contributed by atoms with Crippen LogP contribution < -0.4 is 20.1 Å². The molecule has 1 heterocycles. The van der Waals surface area contributed by atoms with Crippen LogP contribution in [0.5, 0.6) is 11.5 Å². The van der Waals surface area contributed by atoms with E-state index in [0.29, 0.717) is 29.3 Å². The molecule has 0 saturated heterocycles. The minimum Gasteiger partial charge on any atom is -0.497 e. The molecule has 6 nitrogen and oxygen atoms in total. The molecule has 120 valence electrons. The second-order valence-corrected chi connectivity index (χ2v) is 4.65. The van der Waals surface area contributed by atoms with Crippen LogP contribution in [0.25, 0.3) is 0 Å². The molecule has 0 saturated carbocycles. The Kier molecular flexibility index (Phi) is 5.57. The molecule has 0 bridgehead atoms. The van der Waals surface area contributed by atoms with Crippen molar-refractivity contribution in [1.29, 1.82) is 0 Å². The van der Waals surface area contributed by atoms with Crippen molar-refractivity contribution in [1.82, 2.24) is 4.98 Å². The van der Waals surface area contributed by atoms with Gasteiger partial charge >= 0.3 is 0 Å². The first-order valence-corrected chi connectivity index (χ1v) is 7.01. The molecule has 2 N–H and O–H groups in total. The first-order valence-electron chi connectivity index (χ1n) is 7.01. The summed E-state index contributed by atoms with van der Waals surface area (Å²) in [5, 5.41) is 5.89. The molecule has 1 amide bonds. The second kappa shape index (κ2) is 7.84. The number of aromatic nitrogens is 1. The van der Waals surface area contributed by atoms with E-state index in [0.717, 1.165) is 5.69 Å². The van der Waals surface area contributed by atoms with E-state index in [2.05, 4.69) is 22.2 Å². The molecule has 1 aromatic heterocycles. The fourth-order valence-electron chi connectivity index (χ4n) is 1.95. The number of carbonyl (C=O) groups is 1. The van der Waals surface area contributed by atoms with Gasteiger partial charge in [0.25, 0.3) is 5.91 Å².